The quantitative estimate of drug-likeness (QED) is 0.111. The van der Waals surface area contributed by atoms with Crippen molar-refractivity contribution in [1.82, 2.24) is 19.6 Å². The van der Waals surface area contributed by atoms with Gasteiger partial charge in [-0.2, -0.15) is 0 Å². The van der Waals surface area contributed by atoms with Crippen LogP contribution in [0.4, 0.5) is 0 Å². The van der Waals surface area contributed by atoms with Gasteiger partial charge in [0.05, 0.1) is 0 Å². The van der Waals surface area contributed by atoms with Crippen molar-refractivity contribution in [3.05, 3.63) is 94.3 Å². The molecule has 3 fully saturated rings. The number of allylic oxidation sites excluding steroid dienone is 1. The Morgan fingerprint density at radius 2 is 1.79 bits per heavy atom. The Morgan fingerprint density at radius 1 is 1.00 bits per heavy atom. The number of halogens is 1. The van der Waals surface area contributed by atoms with Crippen LogP contribution in [0.15, 0.2) is 85.1 Å². The van der Waals surface area contributed by atoms with Crippen molar-refractivity contribution in [3.8, 4) is 22.4 Å². The standard InChI is InChI=1S/C33H31IN4/c1-19(2)13-28-20(3)17-34(28)24-11-9-22(10-12-24)32-25(21-7-5-4-6-8-21)14-23-18-35-30-16-29(31-26-15-27(26)31)37-38(30)33(23)36-32/h4-12,14,16,18-19,26-28,31H,3,13,15,17H2,1-2H3. The van der Waals surface area contributed by atoms with E-state index >= 15 is 0 Å². The third-order valence-corrected chi connectivity index (χ3v) is 15.9. The number of alkyl halides is 2. The van der Waals surface area contributed by atoms with E-state index in [4.69, 9.17) is 15.1 Å². The second-order valence-corrected chi connectivity index (χ2v) is 17.4. The van der Waals surface area contributed by atoms with Crippen LogP contribution in [0.25, 0.3) is 39.1 Å². The summed E-state index contributed by atoms with van der Waals surface area (Å²) < 4.78 is 5.57. The van der Waals surface area contributed by atoms with E-state index in [-0.39, 0.29) is 0 Å². The molecule has 190 valence electrons. The van der Waals surface area contributed by atoms with Gasteiger partial charge in [0.25, 0.3) is 0 Å². The SMILES string of the molecule is C=C1CI(c2ccc(-c3nc4c(cnc5cc(C6C7CC76)nn54)cc3-c3ccccc3)cc2)C1CC(C)C. The Morgan fingerprint density at radius 3 is 2.47 bits per heavy atom. The average Bonchev–Trinajstić information content (AvgIpc) is 3.82. The Hall–Kier alpha value is -3.06. The molecule has 5 aromatic rings. The second-order valence-electron chi connectivity index (χ2n) is 11.6. The Bertz CT molecular complexity index is 1710. The monoisotopic (exact) mass is 610 g/mol. The van der Waals surface area contributed by atoms with Gasteiger partial charge in [0.2, 0.25) is 0 Å². The van der Waals surface area contributed by atoms with Crippen molar-refractivity contribution >= 4 is 36.5 Å². The fourth-order valence-electron chi connectivity index (χ4n) is 6.14. The predicted molar refractivity (Wildman–Crippen MR) is 163 cm³/mol. The van der Waals surface area contributed by atoms with Crippen LogP contribution in [-0.2, 0) is 0 Å². The van der Waals surface area contributed by atoms with E-state index in [0.29, 0.717) is 5.92 Å². The summed E-state index contributed by atoms with van der Waals surface area (Å²) in [5, 5.41) is 6.02. The molecule has 3 unspecified atom stereocenters. The van der Waals surface area contributed by atoms with Gasteiger partial charge in [-0.25, -0.2) is 0 Å². The number of nitrogens with zero attached hydrogens (tertiary/aromatic N) is 4. The van der Waals surface area contributed by atoms with Gasteiger partial charge < -0.3 is 0 Å². The van der Waals surface area contributed by atoms with E-state index < -0.39 is 19.8 Å². The minimum absolute atomic E-state index is 0.647. The van der Waals surface area contributed by atoms with Gasteiger partial charge in [0, 0.05) is 0 Å². The van der Waals surface area contributed by atoms with E-state index in [9.17, 15) is 0 Å². The summed E-state index contributed by atoms with van der Waals surface area (Å²) in [5.74, 6) is 3.12. The topological polar surface area (TPSA) is 43.1 Å². The first-order valence-electron chi connectivity index (χ1n) is 13.7. The summed E-state index contributed by atoms with van der Waals surface area (Å²) in [7, 11) is 0. The van der Waals surface area contributed by atoms with Crippen LogP contribution < -0.4 is 0 Å². The molecule has 4 heterocycles. The third-order valence-electron chi connectivity index (χ3n) is 8.53. The second kappa shape index (κ2) is 8.47. The summed E-state index contributed by atoms with van der Waals surface area (Å²) in [6.45, 7) is 9.04. The first-order valence-corrected chi connectivity index (χ1v) is 17.6. The molecule has 0 radical (unpaired) electrons. The first-order chi connectivity index (χ1) is 18.5. The van der Waals surface area contributed by atoms with Gasteiger partial charge in [0.1, 0.15) is 0 Å². The number of hydrogen-bond acceptors (Lipinski definition) is 3. The van der Waals surface area contributed by atoms with Gasteiger partial charge >= 0.3 is 225 Å². The number of benzene rings is 2. The zero-order chi connectivity index (χ0) is 25.5. The minimum atomic E-state index is -1.20. The van der Waals surface area contributed by atoms with Crippen LogP contribution in [0, 0.1) is 21.3 Å². The maximum absolute atomic E-state index is 5.31. The molecule has 3 aliphatic rings. The van der Waals surface area contributed by atoms with Crippen molar-refractivity contribution in [3.63, 3.8) is 0 Å². The molecule has 0 spiro atoms. The average molecular weight is 611 g/mol. The number of pyridine rings is 1. The molecule has 8 rings (SSSR count). The molecule has 5 heteroatoms. The fourth-order valence-corrected chi connectivity index (χ4v) is 13.0. The molecule has 3 atom stereocenters. The van der Waals surface area contributed by atoms with Crippen LogP contribution in [0.1, 0.15) is 38.3 Å². The zero-order valence-corrected chi connectivity index (χ0v) is 24.0. The molecule has 4 nitrogen and oxygen atoms in total. The van der Waals surface area contributed by atoms with Gasteiger partial charge in [-0.1, -0.05) is 0 Å². The van der Waals surface area contributed by atoms with Gasteiger partial charge in [-0.15, -0.1) is 0 Å². The molecule has 2 aromatic carbocycles. The normalized spacial score (nSPS) is 24.6. The molecule has 2 aliphatic carbocycles. The fraction of sp³-hybridized carbons (Fsp3) is 0.303. The summed E-state index contributed by atoms with van der Waals surface area (Å²) in [4.78, 5) is 10.1. The van der Waals surface area contributed by atoms with E-state index in [1.165, 1.54) is 34.1 Å². The third kappa shape index (κ3) is 3.65. The summed E-state index contributed by atoms with van der Waals surface area (Å²) >= 11 is -1.20. The van der Waals surface area contributed by atoms with Crippen LogP contribution in [-0.4, -0.2) is 27.9 Å². The van der Waals surface area contributed by atoms with Crippen molar-refractivity contribution in [2.24, 2.45) is 17.8 Å². The molecule has 0 bridgehead atoms. The Labute approximate surface area is 230 Å². The maximum atomic E-state index is 5.31. The van der Waals surface area contributed by atoms with Crippen molar-refractivity contribution in [2.75, 3.05) is 4.43 Å². The van der Waals surface area contributed by atoms with Crippen molar-refractivity contribution in [2.45, 2.75) is 36.5 Å². The number of aromatic nitrogens is 4. The van der Waals surface area contributed by atoms with E-state index in [0.717, 1.165) is 55.2 Å². The molecule has 38 heavy (non-hydrogen) atoms. The molecule has 1 aliphatic heterocycles. The summed E-state index contributed by atoms with van der Waals surface area (Å²) in [6, 6.07) is 24.4. The molecular weight excluding hydrogens is 579 g/mol. The van der Waals surface area contributed by atoms with Gasteiger partial charge in [-0.05, 0) is 6.42 Å². The summed E-state index contributed by atoms with van der Waals surface area (Å²) in [6.07, 6.45) is 4.62. The van der Waals surface area contributed by atoms with Crippen LogP contribution in [0.5, 0.6) is 0 Å². The molecular formula is C33H31IN4. The van der Waals surface area contributed by atoms with E-state index in [1.54, 1.807) is 3.57 Å². The molecule has 2 saturated carbocycles. The molecule has 3 aromatic heterocycles. The van der Waals surface area contributed by atoms with Crippen molar-refractivity contribution < 1.29 is 0 Å². The van der Waals surface area contributed by atoms with Gasteiger partial charge in [0.15, 0.2) is 0 Å². The Balaban J connectivity index is 1.23. The van der Waals surface area contributed by atoms with Crippen molar-refractivity contribution in [1.29, 1.82) is 0 Å². The summed E-state index contributed by atoms with van der Waals surface area (Å²) in [5.41, 5.74) is 8.93. The number of rotatable bonds is 6. The van der Waals surface area contributed by atoms with Crippen LogP contribution >= 0.6 is 19.8 Å². The number of hydrogen-bond donors (Lipinski definition) is 0. The van der Waals surface area contributed by atoms with E-state index in [2.05, 4.69) is 87.2 Å². The van der Waals surface area contributed by atoms with Gasteiger partial charge in [-0.3, -0.25) is 0 Å². The first kappa shape index (κ1) is 22.9. The Kier molecular flexibility index (Phi) is 5.10. The molecule has 0 N–H and O–H groups in total. The van der Waals surface area contributed by atoms with E-state index in [1.807, 2.05) is 10.7 Å². The predicted octanol–water partition coefficient (Wildman–Crippen LogP) is 8.01. The molecule has 1 saturated heterocycles. The number of fused-ring (bicyclic) bond motifs is 4. The van der Waals surface area contributed by atoms with Crippen LogP contribution in [0.2, 0.25) is 0 Å². The molecule has 0 amide bonds. The zero-order valence-electron chi connectivity index (χ0n) is 21.8. The van der Waals surface area contributed by atoms with Crippen LogP contribution in [0.3, 0.4) is 0 Å².